The summed E-state index contributed by atoms with van der Waals surface area (Å²) in [5.41, 5.74) is 0. The molecule has 0 saturated carbocycles. The van der Waals surface area contributed by atoms with E-state index in [2.05, 4.69) is 13.8 Å². The molecule has 0 amide bonds. The Morgan fingerprint density at radius 1 is 1.50 bits per heavy atom. The first-order chi connectivity index (χ1) is 3.83. The Hall–Kier alpha value is 0.813. The fraction of sp³-hybridized carbons (Fsp3) is 1.00. The molecule has 1 N–H and O–H groups in total. The standard InChI is InChI=1S/2C2H5.H3O2P.Zn/c2*1-2;1-3-2;/h2*1H2,2H3;3H2,(H,1,2);. The zero-order valence-electron chi connectivity index (χ0n) is 5.55. The van der Waals surface area contributed by atoms with E-state index in [1.165, 1.54) is 10.0 Å². The molecule has 0 spiro atoms. The fourth-order valence-corrected chi connectivity index (χ4v) is 1.84. The maximum absolute atomic E-state index is 8.57. The summed E-state index contributed by atoms with van der Waals surface area (Å²) < 4.78 is 8.57. The first kappa shape index (κ1) is 11.6. The minimum Gasteiger partial charge on any atom is -0.348 e. The molecule has 0 aliphatic carbocycles. The summed E-state index contributed by atoms with van der Waals surface area (Å²) >= 11 is 0.0972. The average molecular weight is 190 g/mol. The van der Waals surface area contributed by atoms with Crippen molar-refractivity contribution in [2.45, 2.75) is 23.9 Å². The Morgan fingerprint density at radius 3 is 1.75 bits per heavy atom. The van der Waals surface area contributed by atoms with Gasteiger partial charge in [0.25, 0.3) is 0 Å². The van der Waals surface area contributed by atoms with Gasteiger partial charge in [0.2, 0.25) is 0 Å². The third kappa shape index (κ3) is 29.1. The molecule has 0 heterocycles. The molecular weight excluding hydrogens is 176 g/mol. The second kappa shape index (κ2) is 15.7. The van der Waals surface area contributed by atoms with E-state index in [4.69, 9.17) is 9.46 Å². The molecule has 8 heavy (non-hydrogen) atoms. The molecule has 48 valence electrons. The number of rotatable bonds is 2. The van der Waals surface area contributed by atoms with Gasteiger partial charge < -0.3 is 4.89 Å². The van der Waals surface area contributed by atoms with Crippen LogP contribution in [0.15, 0.2) is 0 Å². The minimum atomic E-state index is -1.50. The van der Waals surface area contributed by atoms with Gasteiger partial charge in [-0.05, 0) is 0 Å². The maximum atomic E-state index is 8.57. The Kier molecular flexibility index (Phi) is 22.7. The van der Waals surface area contributed by atoms with Crippen LogP contribution in [-0.4, -0.2) is 4.89 Å². The smallest absolute Gasteiger partial charge is 0.177 e. The summed E-state index contributed by atoms with van der Waals surface area (Å²) in [6.07, 6.45) is 0. The predicted octanol–water partition coefficient (Wildman–Crippen LogP) is 1.60. The van der Waals surface area contributed by atoms with Crippen molar-refractivity contribution in [3.05, 3.63) is 0 Å². The van der Waals surface area contributed by atoms with E-state index in [1.807, 2.05) is 0 Å². The van der Waals surface area contributed by atoms with Crippen LogP contribution in [0.4, 0.5) is 0 Å². The third-order valence-electron chi connectivity index (χ3n) is 0.707. The summed E-state index contributed by atoms with van der Waals surface area (Å²) in [5.74, 6) is 0. The summed E-state index contributed by atoms with van der Waals surface area (Å²) in [4.78, 5) is 7.10. The van der Waals surface area contributed by atoms with Gasteiger partial charge in [0, 0.05) is 0 Å². The van der Waals surface area contributed by atoms with Gasteiger partial charge in [-0.1, -0.05) is 0 Å². The summed E-state index contributed by atoms with van der Waals surface area (Å²) in [7, 11) is -1.50. The molecular formula is C4H13O2PZn. The largest absolute Gasteiger partial charge is 0.348 e. The van der Waals surface area contributed by atoms with Crippen molar-refractivity contribution in [1.82, 2.24) is 0 Å². The van der Waals surface area contributed by atoms with Crippen molar-refractivity contribution in [3.63, 3.8) is 0 Å². The van der Waals surface area contributed by atoms with Gasteiger partial charge in [0.15, 0.2) is 8.69 Å². The maximum Gasteiger partial charge on any atom is 0.177 e. The van der Waals surface area contributed by atoms with Gasteiger partial charge in [-0.2, -0.15) is 0 Å². The second-order valence-corrected chi connectivity index (χ2v) is 7.35. The molecule has 0 radical (unpaired) electrons. The van der Waals surface area contributed by atoms with Crippen LogP contribution >= 0.6 is 8.69 Å². The minimum absolute atomic E-state index is 0.0972. The van der Waals surface area contributed by atoms with E-state index in [-0.39, 0.29) is 17.1 Å². The van der Waals surface area contributed by atoms with E-state index >= 15 is 0 Å². The van der Waals surface area contributed by atoms with Crippen LogP contribution in [0.3, 0.4) is 0 Å². The monoisotopic (exact) mass is 188 g/mol. The van der Waals surface area contributed by atoms with E-state index in [0.29, 0.717) is 0 Å². The van der Waals surface area contributed by atoms with Crippen LogP contribution in [0.2, 0.25) is 10.0 Å². The van der Waals surface area contributed by atoms with Crippen molar-refractivity contribution in [1.29, 1.82) is 0 Å². The quantitative estimate of drug-likeness (QED) is 0.529. The van der Waals surface area contributed by atoms with Crippen LogP contribution in [-0.2, 0) is 21.7 Å². The zero-order chi connectivity index (χ0) is 6.83. The van der Waals surface area contributed by atoms with Crippen molar-refractivity contribution < 1.29 is 26.6 Å². The van der Waals surface area contributed by atoms with E-state index in [1.54, 1.807) is 0 Å². The normalized spacial score (nSPS) is 7.88. The van der Waals surface area contributed by atoms with Crippen molar-refractivity contribution in [2.24, 2.45) is 0 Å². The Morgan fingerprint density at radius 2 is 1.75 bits per heavy atom. The number of hydrogen-bond donors (Lipinski definition) is 1. The molecule has 0 aliphatic heterocycles. The van der Waals surface area contributed by atoms with Crippen LogP contribution < -0.4 is 0 Å². The molecule has 0 aromatic heterocycles. The van der Waals surface area contributed by atoms with Gasteiger partial charge in [0.05, 0.1) is 0 Å². The topological polar surface area (TPSA) is 37.3 Å². The molecule has 4 heteroatoms. The van der Waals surface area contributed by atoms with Gasteiger partial charge in [-0.25, -0.2) is 0 Å². The molecule has 1 atom stereocenters. The van der Waals surface area contributed by atoms with E-state index in [9.17, 15) is 0 Å². The predicted molar refractivity (Wildman–Crippen MR) is 33.6 cm³/mol. The van der Waals surface area contributed by atoms with E-state index < -0.39 is 8.69 Å². The second-order valence-electron chi connectivity index (χ2n) is 1.46. The molecule has 0 saturated heterocycles. The molecule has 1 unspecified atom stereocenters. The SMILES string of the molecule is C[CH2][Zn][CH2]C.O=[PH2]O. The van der Waals surface area contributed by atoms with Crippen molar-refractivity contribution >= 4 is 8.69 Å². The molecule has 0 rings (SSSR count). The molecule has 0 aromatic carbocycles. The first-order valence-corrected chi connectivity index (χ1v) is 8.09. The van der Waals surface area contributed by atoms with Gasteiger partial charge in [0.1, 0.15) is 0 Å². The summed E-state index contributed by atoms with van der Waals surface area (Å²) in [6, 6.07) is 0. The van der Waals surface area contributed by atoms with E-state index in [0.717, 1.165) is 0 Å². The van der Waals surface area contributed by atoms with Gasteiger partial charge in [-0.15, -0.1) is 0 Å². The summed E-state index contributed by atoms with van der Waals surface area (Å²) in [5, 5.41) is 3.06. The van der Waals surface area contributed by atoms with Crippen LogP contribution in [0.1, 0.15) is 13.8 Å². The summed E-state index contributed by atoms with van der Waals surface area (Å²) in [6.45, 7) is 4.59. The molecule has 0 aromatic rings. The van der Waals surface area contributed by atoms with Crippen LogP contribution in [0, 0.1) is 0 Å². The zero-order valence-corrected chi connectivity index (χ0v) is 9.68. The number of hydrogen-bond acceptors (Lipinski definition) is 1. The molecule has 0 aliphatic rings. The Labute approximate surface area is 59.6 Å². The molecule has 0 fully saturated rings. The Balaban J connectivity index is 0. The first-order valence-electron chi connectivity index (χ1n) is 2.91. The van der Waals surface area contributed by atoms with Crippen molar-refractivity contribution in [3.8, 4) is 0 Å². The molecule has 2 nitrogen and oxygen atoms in total. The average Bonchev–Trinajstić information content (AvgIpc) is 1.71. The van der Waals surface area contributed by atoms with Gasteiger partial charge >= 0.3 is 41.0 Å². The van der Waals surface area contributed by atoms with Gasteiger partial charge in [-0.3, -0.25) is 4.57 Å². The van der Waals surface area contributed by atoms with Crippen molar-refractivity contribution in [2.75, 3.05) is 0 Å². The Bertz CT molecular complexity index is 41.0. The fourth-order valence-electron chi connectivity index (χ4n) is 0.354. The van der Waals surface area contributed by atoms with Crippen LogP contribution in [0.25, 0.3) is 0 Å². The third-order valence-corrected chi connectivity index (χ3v) is 3.67. The molecule has 0 bridgehead atoms. The van der Waals surface area contributed by atoms with Crippen LogP contribution in [0.5, 0.6) is 0 Å².